The van der Waals surface area contributed by atoms with Crippen molar-refractivity contribution in [3.8, 4) is 51.0 Å². The summed E-state index contributed by atoms with van der Waals surface area (Å²) in [5.74, 6) is 1.94. The molecule has 2 aromatic heterocycles. The number of nitrogens with zero attached hydrogens (tertiary/aromatic N) is 4. The summed E-state index contributed by atoms with van der Waals surface area (Å²) >= 11 is 0. The average Bonchev–Trinajstić information content (AvgIpc) is 3.69. The van der Waals surface area contributed by atoms with Gasteiger partial charge in [-0.15, -0.1) is 0 Å². The van der Waals surface area contributed by atoms with Crippen LogP contribution in [0.15, 0.2) is 133 Å². The number of aromatic nitrogens is 4. The third kappa shape index (κ3) is 3.72. The van der Waals surface area contributed by atoms with E-state index in [4.69, 9.17) is 15.0 Å². The summed E-state index contributed by atoms with van der Waals surface area (Å²) in [6.07, 6.45) is 0. The van der Waals surface area contributed by atoms with E-state index >= 15 is 0 Å². The zero-order chi connectivity index (χ0) is 33.1. The fourth-order valence-electron chi connectivity index (χ4n) is 8.86. The van der Waals surface area contributed by atoms with Crippen molar-refractivity contribution in [2.75, 3.05) is 0 Å². The first-order chi connectivity index (χ1) is 23.9. The Kier molecular flexibility index (Phi) is 5.65. The number of benzene rings is 6. The minimum atomic E-state index is -0.273. The first kappa shape index (κ1) is 28.2. The van der Waals surface area contributed by atoms with E-state index in [1.54, 1.807) is 0 Å². The van der Waals surface area contributed by atoms with Gasteiger partial charge in [0.2, 0.25) is 5.95 Å². The van der Waals surface area contributed by atoms with Crippen LogP contribution in [0.1, 0.15) is 49.9 Å². The van der Waals surface area contributed by atoms with Gasteiger partial charge in [0.1, 0.15) is 0 Å². The molecule has 0 radical (unpaired) electrons. The van der Waals surface area contributed by atoms with Crippen molar-refractivity contribution < 1.29 is 0 Å². The molecule has 0 aliphatic heterocycles. The zero-order valence-corrected chi connectivity index (χ0v) is 28.0. The van der Waals surface area contributed by atoms with Gasteiger partial charge in [0.15, 0.2) is 11.6 Å². The zero-order valence-electron chi connectivity index (χ0n) is 28.0. The van der Waals surface area contributed by atoms with Crippen LogP contribution in [0.3, 0.4) is 0 Å². The highest BCUT2D eigenvalue weighted by Crippen LogP contribution is 2.63. The molecular formula is C45H34N4. The molecule has 0 unspecified atom stereocenters. The lowest BCUT2D eigenvalue weighted by atomic mass is 9.76. The van der Waals surface area contributed by atoms with E-state index in [9.17, 15) is 0 Å². The Morgan fingerprint density at radius 2 is 0.939 bits per heavy atom. The van der Waals surface area contributed by atoms with Crippen LogP contribution in [-0.2, 0) is 10.8 Å². The number of para-hydroxylation sites is 1. The van der Waals surface area contributed by atoms with Gasteiger partial charge < -0.3 is 0 Å². The Balaban J connectivity index is 1.43. The molecule has 0 saturated heterocycles. The van der Waals surface area contributed by atoms with Gasteiger partial charge in [0, 0.05) is 32.7 Å². The quantitative estimate of drug-likeness (QED) is 0.195. The Labute approximate surface area is 285 Å². The van der Waals surface area contributed by atoms with Gasteiger partial charge in [-0.05, 0) is 50.6 Å². The van der Waals surface area contributed by atoms with Crippen LogP contribution in [-0.4, -0.2) is 19.5 Å². The molecule has 4 heteroatoms. The van der Waals surface area contributed by atoms with Gasteiger partial charge in [-0.1, -0.05) is 155 Å². The van der Waals surface area contributed by atoms with Gasteiger partial charge in [-0.3, -0.25) is 4.57 Å². The molecule has 8 aromatic rings. The lowest BCUT2D eigenvalue weighted by Gasteiger charge is -2.27. The summed E-state index contributed by atoms with van der Waals surface area (Å²) < 4.78 is 2.34. The largest absolute Gasteiger partial charge is 0.277 e. The van der Waals surface area contributed by atoms with Gasteiger partial charge >= 0.3 is 0 Å². The van der Waals surface area contributed by atoms with E-state index in [1.165, 1.54) is 60.8 Å². The number of rotatable bonds is 3. The molecule has 0 N–H and O–H groups in total. The van der Waals surface area contributed by atoms with E-state index < -0.39 is 0 Å². The van der Waals surface area contributed by atoms with Crippen molar-refractivity contribution >= 4 is 21.8 Å². The molecule has 0 fully saturated rings. The summed E-state index contributed by atoms with van der Waals surface area (Å²) in [6, 6.07) is 47.3. The fourth-order valence-corrected chi connectivity index (χ4v) is 8.86. The van der Waals surface area contributed by atoms with Crippen molar-refractivity contribution in [3.63, 3.8) is 0 Å². The third-order valence-corrected chi connectivity index (χ3v) is 11.0. The second kappa shape index (κ2) is 9.83. The van der Waals surface area contributed by atoms with Gasteiger partial charge in [0.05, 0.1) is 11.0 Å². The molecule has 0 amide bonds. The molecule has 10 rings (SSSR count). The van der Waals surface area contributed by atoms with E-state index in [-0.39, 0.29) is 10.8 Å². The van der Waals surface area contributed by atoms with E-state index in [2.05, 4.69) is 129 Å². The standard InChI is InChI=1S/C45H34N4/c1-44(2)32-24-14-11-21-29(32)35-36-30-22-12-15-25-33(30)45(3,4)39(36)40-37(38(35)44)31-23-13-16-26-34(31)49(40)43-47-41(27-17-7-5-8-18-27)46-42(48-43)28-19-9-6-10-20-28/h5-26H,1-4H3. The maximum Gasteiger partial charge on any atom is 0.238 e. The molecule has 2 aliphatic carbocycles. The van der Waals surface area contributed by atoms with Crippen molar-refractivity contribution in [3.05, 3.63) is 156 Å². The van der Waals surface area contributed by atoms with Gasteiger partial charge in [0.25, 0.3) is 0 Å². The van der Waals surface area contributed by atoms with E-state index in [1.807, 2.05) is 36.4 Å². The second-order valence-corrected chi connectivity index (χ2v) is 14.4. The second-order valence-electron chi connectivity index (χ2n) is 14.4. The Morgan fingerprint density at radius 3 is 1.53 bits per heavy atom. The monoisotopic (exact) mass is 630 g/mol. The van der Waals surface area contributed by atoms with Crippen LogP contribution in [0.4, 0.5) is 0 Å². The van der Waals surface area contributed by atoms with Gasteiger partial charge in [-0.2, -0.15) is 9.97 Å². The summed E-state index contributed by atoms with van der Waals surface area (Å²) in [7, 11) is 0. The summed E-state index contributed by atoms with van der Waals surface area (Å²) in [4.78, 5) is 15.7. The van der Waals surface area contributed by atoms with Gasteiger partial charge in [-0.25, -0.2) is 4.98 Å². The normalized spacial score (nSPS) is 14.9. The van der Waals surface area contributed by atoms with Crippen LogP contribution in [0.2, 0.25) is 0 Å². The lowest BCUT2D eigenvalue weighted by Crippen LogP contribution is -2.19. The molecule has 49 heavy (non-hydrogen) atoms. The highest BCUT2D eigenvalue weighted by Gasteiger charge is 2.47. The van der Waals surface area contributed by atoms with Crippen LogP contribution in [0.5, 0.6) is 0 Å². The molecule has 234 valence electrons. The SMILES string of the molecule is CC1(C)c2ccccc2-c2c3c(c4c(c21)c1ccccc1n4-c1nc(-c2ccccc2)nc(-c2ccccc2)n1)C(C)(C)c1ccccc1-3. The summed E-state index contributed by atoms with van der Waals surface area (Å²) in [5.41, 5.74) is 14.5. The molecule has 6 aromatic carbocycles. The highest BCUT2D eigenvalue weighted by molar-refractivity contribution is 6.20. The van der Waals surface area contributed by atoms with Crippen molar-refractivity contribution in [2.24, 2.45) is 0 Å². The summed E-state index contributed by atoms with van der Waals surface area (Å²) in [6.45, 7) is 9.56. The predicted molar refractivity (Wildman–Crippen MR) is 200 cm³/mol. The number of fused-ring (bicyclic) bond motifs is 12. The molecular weight excluding hydrogens is 597 g/mol. The van der Waals surface area contributed by atoms with Crippen LogP contribution in [0.25, 0.3) is 72.8 Å². The Morgan fingerprint density at radius 1 is 0.469 bits per heavy atom. The maximum absolute atomic E-state index is 5.30. The highest BCUT2D eigenvalue weighted by atomic mass is 15.2. The van der Waals surface area contributed by atoms with E-state index in [0.717, 1.165) is 16.6 Å². The molecule has 0 spiro atoms. The van der Waals surface area contributed by atoms with Crippen LogP contribution in [0, 0.1) is 0 Å². The molecule has 0 saturated carbocycles. The third-order valence-electron chi connectivity index (χ3n) is 11.0. The first-order valence-electron chi connectivity index (χ1n) is 17.1. The smallest absolute Gasteiger partial charge is 0.238 e. The van der Waals surface area contributed by atoms with Crippen molar-refractivity contribution in [1.29, 1.82) is 0 Å². The fraction of sp³-hybridized carbons (Fsp3) is 0.133. The predicted octanol–water partition coefficient (Wildman–Crippen LogP) is 10.9. The van der Waals surface area contributed by atoms with Crippen LogP contribution >= 0.6 is 0 Å². The molecule has 2 heterocycles. The Hall–Kier alpha value is -5.87. The van der Waals surface area contributed by atoms with Crippen molar-refractivity contribution in [1.82, 2.24) is 19.5 Å². The lowest BCUT2D eigenvalue weighted by molar-refractivity contribution is 0.658. The Bertz CT molecular complexity index is 2590. The molecule has 0 atom stereocenters. The van der Waals surface area contributed by atoms with Crippen LogP contribution < -0.4 is 0 Å². The molecule has 4 nitrogen and oxygen atoms in total. The number of hydrogen-bond acceptors (Lipinski definition) is 3. The minimum absolute atomic E-state index is 0.223. The first-order valence-corrected chi connectivity index (χ1v) is 17.1. The minimum Gasteiger partial charge on any atom is -0.277 e. The van der Waals surface area contributed by atoms with E-state index in [0.29, 0.717) is 17.6 Å². The number of hydrogen-bond donors (Lipinski definition) is 0. The topological polar surface area (TPSA) is 43.6 Å². The van der Waals surface area contributed by atoms with Crippen molar-refractivity contribution in [2.45, 2.75) is 38.5 Å². The molecule has 0 bridgehead atoms. The average molecular weight is 631 g/mol. The molecule has 2 aliphatic rings. The maximum atomic E-state index is 5.30. The summed E-state index contributed by atoms with van der Waals surface area (Å²) in [5, 5.41) is 2.50.